The molecule has 0 aliphatic carbocycles. The Labute approximate surface area is 75.8 Å². The lowest BCUT2D eigenvalue weighted by molar-refractivity contribution is -0.115. The highest BCUT2D eigenvalue weighted by molar-refractivity contribution is 6.36. The van der Waals surface area contributed by atoms with Gasteiger partial charge in [-0.3, -0.25) is 4.79 Å². The predicted octanol–water partition coefficient (Wildman–Crippen LogP) is 1.78. The third kappa shape index (κ3) is 1.89. The first-order valence-electron chi connectivity index (χ1n) is 3.43. The predicted molar refractivity (Wildman–Crippen MR) is 49.9 cm³/mol. The summed E-state index contributed by atoms with van der Waals surface area (Å²) in [6, 6.07) is 6.82. The Balaban J connectivity index is 2.95. The summed E-state index contributed by atoms with van der Waals surface area (Å²) in [7, 11) is 0. The van der Waals surface area contributed by atoms with Crippen molar-refractivity contribution in [3.63, 3.8) is 0 Å². The first kappa shape index (κ1) is 8.87. The number of nitrogens with zero attached hydrogens (tertiary/aromatic N) is 1. The van der Waals surface area contributed by atoms with Crippen LogP contribution in [0.5, 0.6) is 0 Å². The van der Waals surface area contributed by atoms with E-state index in [1.807, 2.05) is 0 Å². The van der Waals surface area contributed by atoms with Gasteiger partial charge < -0.3 is 5.73 Å². The lowest BCUT2D eigenvalue weighted by Gasteiger charge is -2.10. The van der Waals surface area contributed by atoms with E-state index in [0.29, 0.717) is 11.4 Å². The van der Waals surface area contributed by atoms with Gasteiger partial charge in [-0.2, -0.15) is 0 Å². The van der Waals surface area contributed by atoms with Crippen LogP contribution in [-0.4, -0.2) is 5.91 Å². The second-order valence-electron chi connectivity index (χ2n) is 2.39. The van der Waals surface area contributed by atoms with Crippen molar-refractivity contribution in [2.75, 3.05) is 10.2 Å². The molecule has 1 aromatic carbocycles. The molecule has 0 atom stereocenters. The Bertz CT molecular complexity index is 301. The number of anilines is 2. The van der Waals surface area contributed by atoms with Crippen LogP contribution in [0, 0.1) is 0 Å². The second-order valence-corrected chi connectivity index (χ2v) is 2.73. The minimum absolute atomic E-state index is 0.234. The van der Waals surface area contributed by atoms with Crippen LogP contribution in [0.3, 0.4) is 0 Å². The van der Waals surface area contributed by atoms with Gasteiger partial charge in [-0.25, -0.2) is 4.42 Å². The summed E-state index contributed by atoms with van der Waals surface area (Å²) in [5.41, 5.74) is 6.67. The minimum atomic E-state index is -0.234. The molecule has 4 heteroatoms. The monoisotopic (exact) mass is 184 g/mol. The van der Waals surface area contributed by atoms with Gasteiger partial charge in [0.2, 0.25) is 5.91 Å². The molecule has 3 nitrogen and oxygen atoms in total. The van der Waals surface area contributed by atoms with Gasteiger partial charge in [0.1, 0.15) is 0 Å². The van der Waals surface area contributed by atoms with Gasteiger partial charge in [0.25, 0.3) is 0 Å². The molecule has 12 heavy (non-hydrogen) atoms. The molecule has 1 rings (SSSR count). The molecule has 0 heterocycles. The number of nitrogen functional groups attached to an aromatic ring is 1. The van der Waals surface area contributed by atoms with Crippen LogP contribution in [0.15, 0.2) is 24.3 Å². The SMILES string of the molecule is CC(=O)N(Cl)c1cccc(N)c1. The number of amides is 1. The Kier molecular flexibility index (Phi) is 2.55. The van der Waals surface area contributed by atoms with Crippen molar-refractivity contribution in [3.05, 3.63) is 24.3 Å². The number of halogens is 1. The van der Waals surface area contributed by atoms with Crippen molar-refractivity contribution in [3.8, 4) is 0 Å². The van der Waals surface area contributed by atoms with E-state index >= 15 is 0 Å². The fraction of sp³-hybridized carbons (Fsp3) is 0.125. The minimum Gasteiger partial charge on any atom is -0.399 e. The molecule has 0 unspecified atom stereocenters. The first-order valence-corrected chi connectivity index (χ1v) is 3.77. The lowest BCUT2D eigenvalue weighted by Crippen LogP contribution is -2.16. The van der Waals surface area contributed by atoms with Gasteiger partial charge in [-0.15, -0.1) is 0 Å². The summed E-state index contributed by atoms with van der Waals surface area (Å²) in [4.78, 5) is 10.8. The fourth-order valence-electron chi connectivity index (χ4n) is 0.829. The van der Waals surface area contributed by atoms with Crippen LogP contribution in [0.25, 0.3) is 0 Å². The van der Waals surface area contributed by atoms with Gasteiger partial charge in [-0.05, 0) is 18.2 Å². The highest BCUT2D eigenvalue weighted by Crippen LogP contribution is 2.18. The van der Waals surface area contributed by atoms with Crippen molar-refractivity contribution in [2.24, 2.45) is 0 Å². The van der Waals surface area contributed by atoms with E-state index < -0.39 is 0 Å². The number of carbonyl (C=O) groups excluding carboxylic acids is 1. The zero-order valence-electron chi connectivity index (χ0n) is 6.62. The molecule has 0 bridgehead atoms. The average molecular weight is 185 g/mol. The Hall–Kier alpha value is -1.22. The van der Waals surface area contributed by atoms with E-state index in [-0.39, 0.29) is 5.91 Å². The summed E-state index contributed by atoms with van der Waals surface area (Å²) >= 11 is 5.64. The Morgan fingerprint density at radius 3 is 2.75 bits per heavy atom. The molecule has 64 valence electrons. The van der Waals surface area contributed by atoms with E-state index in [0.717, 1.165) is 4.42 Å². The molecule has 0 aromatic heterocycles. The summed E-state index contributed by atoms with van der Waals surface area (Å²) in [6.45, 7) is 1.39. The maximum absolute atomic E-state index is 10.8. The van der Waals surface area contributed by atoms with E-state index in [1.54, 1.807) is 24.3 Å². The van der Waals surface area contributed by atoms with Gasteiger partial charge in [0.05, 0.1) is 5.69 Å². The number of rotatable bonds is 1. The molecule has 0 spiro atoms. The molecule has 0 aliphatic heterocycles. The van der Waals surface area contributed by atoms with Crippen molar-refractivity contribution < 1.29 is 4.79 Å². The summed E-state index contributed by atoms with van der Waals surface area (Å²) in [6.07, 6.45) is 0. The van der Waals surface area contributed by atoms with Crippen molar-refractivity contribution in [2.45, 2.75) is 6.92 Å². The normalized spacial score (nSPS) is 9.50. The van der Waals surface area contributed by atoms with Crippen LogP contribution in [-0.2, 0) is 4.79 Å². The van der Waals surface area contributed by atoms with Crippen molar-refractivity contribution >= 4 is 29.1 Å². The lowest BCUT2D eigenvalue weighted by atomic mass is 10.3. The highest BCUT2D eigenvalue weighted by Gasteiger charge is 2.06. The van der Waals surface area contributed by atoms with Gasteiger partial charge in [0, 0.05) is 24.4 Å². The molecule has 0 saturated carbocycles. The molecule has 1 aromatic rings. The number of hydrogen-bond acceptors (Lipinski definition) is 2. The van der Waals surface area contributed by atoms with Crippen LogP contribution >= 0.6 is 11.8 Å². The van der Waals surface area contributed by atoms with E-state index in [1.165, 1.54) is 6.92 Å². The van der Waals surface area contributed by atoms with Gasteiger partial charge >= 0.3 is 0 Å². The number of benzene rings is 1. The zero-order chi connectivity index (χ0) is 9.14. The van der Waals surface area contributed by atoms with Crippen LogP contribution in [0.4, 0.5) is 11.4 Å². The Morgan fingerprint density at radius 2 is 2.25 bits per heavy atom. The average Bonchev–Trinajstić information content (AvgIpc) is 2.03. The van der Waals surface area contributed by atoms with Crippen molar-refractivity contribution in [1.82, 2.24) is 0 Å². The van der Waals surface area contributed by atoms with Crippen LogP contribution in [0.1, 0.15) is 6.92 Å². The molecular formula is C8H9ClN2O. The summed E-state index contributed by atoms with van der Waals surface area (Å²) in [5.74, 6) is -0.234. The summed E-state index contributed by atoms with van der Waals surface area (Å²) < 4.78 is 1.02. The number of hydrogen-bond donors (Lipinski definition) is 1. The van der Waals surface area contributed by atoms with E-state index in [2.05, 4.69) is 0 Å². The second kappa shape index (κ2) is 3.45. The molecule has 0 aliphatic rings. The first-order chi connectivity index (χ1) is 5.61. The highest BCUT2D eigenvalue weighted by atomic mass is 35.5. The van der Waals surface area contributed by atoms with Crippen LogP contribution < -0.4 is 10.2 Å². The van der Waals surface area contributed by atoms with Crippen LogP contribution in [0.2, 0.25) is 0 Å². The standard InChI is InChI=1S/C8H9ClN2O/c1-6(12)11(9)8-4-2-3-7(10)5-8/h2-5H,10H2,1H3. The largest absolute Gasteiger partial charge is 0.399 e. The van der Waals surface area contributed by atoms with Crippen molar-refractivity contribution in [1.29, 1.82) is 0 Å². The van der Waals surface area contributed by atoms with Gasteiger partial charge in [0.15, 0.2) is 0 Å². The molecular weight excluding hydrogens is 176 g/mol. The molecule has 1 amide bonds. The maximum Gasteiger partial charge on any atom is 0.238 e. The molecule has 2 N–H and O–H groups in total. The molecule has 0 saturated heterocycles. The smallest absolute Gasteiger partial charge is 0.238 e. The van der Waals surface area contributed by atoms with E-state index in [9.17, 15) is 4.79 Å². The maximum atomic E-state index is 10.8. The molecule has 0 radical (unpaired) electrons. The zero-order valence-corrected chi connectivity index (χ0v) is 7.38. The third-order valence-corrected chi connectivity index (χ3v) is 1.81. The fourth-order valence-corrected chi connectivity index (χ4v) is 0.934. The topological polar surface area (TPSA) is 46.3 Å². The number of carbonyl (C=O) groups is 1. The molecule has 0 fully saturated rings. The number of nitrogens with two attached hydrogens (primary N) is 1. The van der Waals surface area contributed by atoms with E-state index in [4.69, 9.17) is 17.5 Å². The summed E-state index contributed by atoms with van der Waals surface area (Å²) in [5, 5.41) is 0. The quantitative estimate of drug-likeness (QED) is 0.534. The third-order valence-electron chi connectivity index (χ3n) is 1.37. The van der Waals surface area contributed by atoms with Gasteiger partial charge in [-0.1, -0.05) is 6.07 Å². The Morgan fingerprint density at radius 1 is 1.58 bits per heavy atom.